The summed E-state index contributed by atoms with van der Waals surface area (Å²) in [6.07, 6.45) is 0. The molecule has 0 aliphatic rings. The van der Waals surface area contributed by atoms with Gasteiger partial charge in [0.1, 0.15) is 0 Å². The molecule has 0 atom stereocenters. The van der Waals surface area contributed by atoms with Gasteiger partial charge in [-0.25, -0.2) is 4.85 Å². The molecule has 0 spiro atoms. The molecule has 1 aromatic heterocycles. The fraction of sp³-hybridized carbons (Fsp3) is 0.167. The normalized spacial score (nSPS) is 9.00. The Hall–Kier alpha value is -0.0800. The van der Waals surface area contributed by atoms with Gasteiger partial charge in [-0.1, -0.05) is 0 Å². The van der Waals surface area contributed by atoms with E-state index in [1.54, 1.807) is 11.3 Å². The predicted octanol–water partition coefficient (Wildman–Crippen LogP) is 3.21. The van der Waals surface area contributed by atoms with E-state index in [0.717, 1.165) is 8.57 Å². The van der Waals surface area contributed by atoms with Crippen LogP contribution in [-0.4, -0.2) is 0 Å². The lowest BCUT2D eigenvalue weighted by molar-refractivity contribution is 1.64. The Kier molecular flexibility index (Phi) is 2.09. The SMILES string of the molecule is [C-]#[N+]c1cc(C)sc1I. The minimum Gasteiger partial charge on any atom is -0.236 e. The first-order chi connectivity index (χ1) is 4.24. The first-order valence-electron chi connectivity index (χ1n) is 2.37. The predicted molar refractivity (Wildman–Crippen MR) is 48.0 cm³/mol. The zero-order chi connectivity index (χ0) is 6.85. The highest BCUT2D eigenvalue weighted by Gasteiger charge is 2.00. The number of thiophene rings is 1. The van der Waals surface area contributed by atoms with Crippen LogP contribution in [0.4, 0.5) is 5.69 Å². The Balaban J connectivity index is 3.20. The Morgan fingerprint density at radius 3 is 2.67 bits per heavy atom. The number of halogens is 1. The van der Waals surface area contributed by atoms with Gasteiger partial charge in [0.2, 0.25) is 5.69 Å². The topological polar surface area (TPSA) is 4.36 Å². The van der Waals surface area contributed by atoms with Crippen molar-refractivity contribution in [3.8, 4) is 0 Å². The van der Waals surface area contributed by atoms with Crippen molar-refractivity contribution in [1.82, 2.24) is 0 Å². The van der Waals surface area contributed by atoms with Crippen LogP contribution in [0.25, 0.3) is 4.85 Å². The van der Waals surface area contributed by atoms with Crippen LogP contribution in [0.2, 0.25) is 0 Å². The molecule has 9 heavy (non-hydrogen) atoms. The van der Waals surface area contributed by atoms with Crippen molar-refractivity contribution in [3.05, 3.63) is 25.2 Å². The van der Waals surface area contributed by atoms with E-state index >= 15 is 0 Å². The van der Waals surface area contributed by atoms with E-state index in [9.17, 15) is 0 Å². The van der Waals surface area contributed by atoms with Crippen LogP contribution in [0.3, 0.4) is 0 Å². The van der Waals surface area contributed by atoms with Crippen molar-refractivity contribution in [1.29, 1.82) is 0 Å². The fourth-order valence-corrected chi connectivity index (χ4v) is 2.53. The van der Waals surface area contributed by atoms with E-state index in [1.807, 2.05) is 13.0 Å². The van der Waals surface area contributed by atoms with Gasteiger partial charge in [-0.2, -0.15) is 0 Å². The van der Waals surface area contributed by atoms with Gasteiger partial charge in [-0.3, -0.25) is 0 Å². The highest BCUT2D eigenvalue weighted by Crippen LogP contribution is 2.29. The number of aryl methyl sites for hydroxylation is 1. The van der Waals surface area contributed by atoms with Gasteiger partial charge in [0.15, 0.2) is 0 Å². The first kappa shape index (κ1) is 7.03. The molecule has 0 aliphatic heterocycles. The monoisotopic (exact) mass is 249 g/mol. The van der Waals surface area contributed by atoms with E-state index in [0.29, 0.717) is 0 Å². The average molecular weight is 249 g/mol. The molecule has 0 radical (unpaired) electrons. The number of nitrogens with zero attached hydrogens (tertiary/aromatic N) is 1. The molecule has 1 aromatic rings. The second kappa shape index (κ2) is 2.67. The van der Waals surface area contributed by atoms with Gasteiger partial charge in [0.25, 0.3) is 0 Å². The summed E-state index contributed by atoms with van der Waals surface area (Å²) in [5.41, 5.74) is 0.790. The maximum absolute atomic E-state index is 6.72. The minimum atomic E-state index is 0.790. The molecule has 0 fully saturated rings. The summed E-state index contributed by atoms with van der Waals surface area (Å²) in [6, 6.07) is 1.92. The highest BCUT2D eigenvalue weighted by atomic mass is 127. The zero-order valence-corrected chi connectivity index (χ0v) is 7.78. The van der Waals surface area contributed by atoms with Crippen LogP contribution >= 0.6 is 33.9 Å². The van der Waals surface area contributed by atoms with Crippen LogP contribution in [0.5, 0.6) is 0 Å². The summed E-state index contributed by atoms with van der Waals surface area (Å²) in [6.45, 7) is 8.74. The van der Waals surface area contributed by atoms with Gasteiger partial charge in [-0.15, -0.1) is 11.3 Å². The van der Waals surface area contributed by atoms with Gasteiger partial charge in [0.05, 0.1) is 9.46 Å². The molecule has 1 heterocycles. The maximum atomic E-state index is 6.72. The third-order valence-corrected chi connectivity index (χ3v) is 2.95. The summed E-state index contributed by atoms with van der Waals surface area (Å²) >= 11 is 3.85. The Bertz CT molecular complexity index is 259. The van der Waals surface area contributed by atoms with Gasteiger partial charge < -0.3 is 0 Å². The van der Waals surface area contributed by atoms with E-state index < -0.39 is 0 Å². The Labute approximate surface area is 71.7 Å². The quantitative estimate of drug-likeness (QED) is 0.491. The van der Waals surface area contributed by atoms with Crippen LogP contribution < -0.4 is 0 Å². The molecule has 0 unspecified atom stereocenters. The van der Waals surface area contributed by atoms with Crippen LogP contribution in [0, 0.1) is 16.4 Å². The minimum absolute atomic E-state index is 0.790. The molecule has 1 nitrogen and oxygen atoms in total. The standard InChI is InChI=1S/C6H4INS/c1-4-3-5(8-2)6(7)9-4/h3H,1H3. The summed E-state index contributed by atoms with van der Waals surface area (Å²) < 4.78 is 1.10. The molecule has 3 heteroatoms. The summed E-state index contributed by atoms with van der Waals surface area (Å²) in [5, 5.41) is 0. The van der Waals surface area contributed by atoms with E-state index in [2.05, 4.69) is 27.4 Å². The molecule has 0 saturated heterocycles. The van der Waals surface area contributed by atoms with Gasteiger partial charge >= 0.3 is 0 Å². The lowest BCUT2D eigenvalue weighted by Crippen LogP contribution is -1.49. The molecule has 0 N–H and O–H groups in total. The van der Waals surface area contributed by atoms with Gasteiger partial charge in [0, 0.05) is 0 Å². The molecule has 0 aromatic carbocycles. The molecule has 0 saturated carbocycles. The Morgan fingerprint density at radius 1 is 1.78 bits per heavy atom. The molecule has 0 aliphatic carbocycles. The average Bonchev–Trinajstić information content (AvgIpc) is 2.10. The Morgan fingerprint density at radius 2 is 2.44 bits per heavy atom. The van der Waals surface area contributed by atoms with Crippen molar-refractivity contribution in [3.63, 3.8) is 0 Å². The summed E-state index contributed by atoms with van der Waals surface area (Å²) in [7, 11) is 0. The van der Waals surface area contributed by atoms with Crippen molar-refractivity contribution in [2.75, 3.05) is 0 Å². The number of rotatable bonds is 0. The summed E-state index contributed by atoms with van der Waals surface area (Å²) in [5.74, 6) is 0. The second-order valence-electron chi connectivity index (χ2n) is 1.63. The largest absolute Gasteiger partial charge is 0.236 e. The van der Waals surface area contributed by atoms with E-state index in [4.69, 9.17) is 6.57 Å². The fourth-order valence-electron chi connectivity index (χ4n) is 0.549. The van der Waals surface area contributed by atoms with Crippen LogP contribution in [0.15, 0.2) is 6.07 Å². The van der Waals surface area contributed by atoms with Crippen molar-refractivity contribution in [2.24, 2.45) is 0 Å². The van der Waals surface area contributed by atoms with Crippen molar-refractivity contribution < 1.29 is 0 Å². The van der Waals surface area contributed by atoms with E-state index in [1.165, 1.54) is 4.88 Å². The lowest BCUT2D eigenvalue weighted by Gasteiger charge is -1.75. The smallest absolute Gasteiger partial charge is 0.211 e. The second-order valence-corrected chi connectivity index (χ2v) is 4.69. The molecule has 0 amide bonds. The molecular weight excluding hydrogens is 245 g/mol. The highest BCUT2D eigenvalue weighted by molar-refractivity contribution is 14.1. The molecule has 0 bridgehead atoms. The third-order valence-electron chi connectivity index (χ3n) is 0.912. The first-order valence-corrected chi connectivity index (χ1v) is 4.27. The van der Waals surface area contributed by atoms with Gasteiger partial charge in [-0.05, 0) is 40.5 Å². The molecule has 1 rings (SSSR count). The third kappa shape index (κ3) is 1.43. The van der Waals surface area contributed by atoms with Crippen molar-refractivity contribution in [2.45, 2.75) is 6.92 Å². The molecular formula is C6H4INS. The lowest BCUT2D eigenvalue weighted by atomic mass is 10.5. The van der Waals surface area contributed by atoms with Crippen LogP contribution in [0.1, 0.15) is 4.88 Å². The van der Waals surface area contributed by atoms with E-state index in [-0.39, 0.29) is 0 Å². The van der Waals surface area contributed by atoms with Crippen LogP contribution in [-0.2, 0) is 0 Å². The zero-order valence-electron chi connectivity index (χ0n) is 4.81. The maximum Gasteiger partial charge on any atom is 0.211 e. The van der Waals surface area contributed by atoms with Crippen molar-refractivity contribution >= 4 is 39.6 Å². The summed E-state index contributed by atoms with van der Waals surface area (Å²) in [4.78, 5) is 4.56. The molecule has 46 valence electrons. The number of hydrogen-bond acceptors (Lipinski definition) is 1. The number of hydrogen-bond donors (Lipinski definition) is 0.